The molecular formula is C25H38N2O6. The SMILES string of the molecule is C=CCOC(=O)[C@H]1[C@H]2C(=O)N(CCCO)C(C(=O)N(CC=C)C(C)(C)C)C23CC(C)[C@]1(C)O3. The van der Waals surface area contributed by atoms with Crippen molar-refractivity contribution in [1.82, 2.24) is 9.80 Å². The Kier molecular flexibility index (Phi) is 6.84. The van der Waals surface area contributed by atoms with Crippen molar-refractivity contribution in [3.8, 4) is 0 Å². The van der Waals surface area contributed by atoms with Crippen LogP contribution in [0.3, 0.4) is 0 Å². The molecule has 184 valence electrons. The molecule has 3 aliphatic rings. The van der Waals surface area contributed by atoms with Crippen molar-refractivity contribution >= 4 is 17.8 Å². The van der Waals surface area contributed by atoms with E-state index in [1.165, 1.54) is 11.0 Å². The highest BCUT2D eigenvalue weighted by molar-refractivity contribution is 5.98. The summed E-state index contributed by atoms with van der Waals surface area (Å²) >= 11 is 0. The van der Waals surface area contributed by atoms with Crippen LogP contribution in [0.2, 0.25) is 0 Å². The molecule has 0 aromatic carbocycles. The Hall–Kier alpha value is -2.19. The van der Waals surface area contributed by atoms with Gasteiger partial charge in [-0.05, 0) is 46.5 Å². The van der Waals surface area contributed by atoms with Crippen molar-refractivity contribution in [2.75, 3.05) is 26.3 Å². The number of aliphatic hydroxyl groups excluding tert-OH is 1. The van der Waals surface area contributed by atoms with Gasteiger partial charge in [0.1, 0.15) is 24.2 Å². The summed E-state index contributed by atoms with van der Waals surface area (Å²) in [6.45, 7) is 17.5. The summed E-state index contributed by atoms with van der Waals surface area (Å²) in [4.78, 5) is 44.3. The van der Waals surface area contributed by atoms with E-state index in [-0.39, 0.29) is 37.5 Å². The van der Waals surface area contributed by atoms with Crippen molar-refractivity contribution in [3.05, 3.63) is 25.3 Å². The molecule has 8 nitrogen and oxygen atoms in total. The summed E-state index contributed by atoms with van der Waals surface area (Å²) in [5.41, 5.74) is -2.55. The minimum Gasteiger partial charge on any atom is -0.461 e. The second kappa shape index (κ2) is 8.87. The molecule has 0 aromatic heterocycles. The van der Waals surface area contributed by atoms with Gasteiger partial charge in [0, 0.05) is 25.2 Å². The van der Waals surface area contributed by atoms with Crippen LogP contribution in [-0.4, -0.2) is 81.8 Å². The van der Waals surface area contributed by atoms with Gasteiger partial charge in [-0.3, -0.25) is 14.4 Å². The molecule has 0 saturated carbocycles. The lowest BCUT2D eigenvalue weighted by Crippen LogP contribution is -2.60. The van der Waals surface area contributed by atoms with Crippen molar-refractivity contribution in [1.29, 1.82) is 0 Å². The molecule has 1 N–H and O–H groups in total. The van der Waals surface area contributed by atoms with E-state index >= 15 is 0 Å². The third-order valence-corrected chi connectivity index (χ3v) is 7.59. The average molecular weight is 463 g/mol. The fourth-order valence-electron chi connectivity index (χ4n) is 6.06. The van der Waals surface area contributed by atoms with E-state index in [0.29, 0.717) is 19.4 Å². The molecule has 0 radical (unpaired) electrons. The number of hydrogen-bond acceptors (Lipinski definition) is 6. The van der Waals surface area contributed by atoms with E-state index in [0.717, 1.165) is 0 Å². The summed E-state index contributed by atoms with van der Waals surface area (Å²) in [7, 11) is 0. The number of ether oxygens (including phenoxy) is 2. The molecule has 1 spiro atoms. The molecule has 0 aromatic rings. The van der Waals surface area contributed by atoms with Crippen LogP contribution in [0, 0.1) is 17.8 Å². The molecular weight excluding hydrogens is 424 g/mol. The number of hydrogen-bond donors (Lipinski definition) is 1. The highest BCUT2D eigenvalue weighted by Gasteiger charge is 2.80. The van der Waals surface area contributed by atoms with Crippen molar-refractivity contribution in [2.24, 2.45) is 17.8 Å². The third kappa shape index (κ3) is 3.81. The standard InChI is InChI=1S/C25H38N2O6/c1-8-11-27(23(4,5)6)21(30)19-25-15-16(3)24(7,33-25)18(22(31)32-14-9-2)17(25)20(29)26(19)12-10-13-28/h8-9,16-19,28H,1-2,10-15H2,3-7H3/t16?,17-,18+,19?,24-,25?/m0/s1. The number of esters is 1. The number of rotatable bonds is 9. The monoisotopic (exact) mass is 462 g/mol. The Balaban J connectivity index is 2.12. The molecule has 2 bridgehead atoms. The van der Waals surface area contributed by atoms with Gasteiger partial charge in [-0.25, -0.2) is 0 Å². The molecule has 0 aliphatic carbocycles. The number of amides is 2. The molecule has 3 saturated heterocycles. The summed E-state index contributed by atoms with van der Waals surface area (Å²) in [6.07, 6.45) is 3.97. The van der Waals surface area contributed by atoms with Gasteiger partial charge in [-0.15, -0.1) is 6.58 Å². The number of fused-ring (bicyclic) bond motifs is 1. The maximum atomic E-state index is 14.1. The topological polar surface area (TPSA) is 96.4 Å². The first kappa shape index (κ1) is 25.4. The molecule has 3 rings (SSSR count). The third-order valence-electron chi connectivity index (χ3n) is 7.59. The average Bonchev–Trinajstić information content (AvgIpc) is 3.24. The van der Waals surface area contributed by atoms with E-state index in [4.69, 9.17) is 9.47 Å². The van der Waals surface area contributed by atoms with Gasteiger partial charge in [0.15, 0.2) is 0 Å². The first-order chi connectivity index (χ1) is 15.4. The lowest BCUT2D eigenvalue weighted by molar-refractivity contribution is -0.162. The molecule has 8 heteroatoms. The van der Waals surface area contributed by atoms with E-state index < -0.39 is 40.6 Å². The molecule has 3 heterocycles. The zero-order valence-corrected chi connectivity index (χ0v) is 20.5. The van der Waals surface area contributed by atoms with Gasteiger partial charge in [0.25, 0.3) is 0 Å². The predicted octanol–water partition coefficient (Wildman–Crippen LogP) is 1.92. The van der Waals surface area contributed by atoms with Crippen LogP contribution in [0.25, 0.3) is 0 Å². The van der Waals surface area contributed by atoms with Crippen molar-refractivity contribution in [3.63, 3.8) is 0 Å². The largest absolute Gasteiger partial charge is 0.461 e. The normalized spacial score (nSPS) is 34.8. The Morgan fingerprint density at radius 2 is 2.00 bits per heavy atom. The van der Waals surface area contributed by atoms with E-state index in [1.807, 2.05) is 34.6 Å². The fourth-order valence-corrected chi connectivity index (χ4v) is 6.06. The maximum Gasteiger partial charge on any atom is 0.313 e. The van der Waals surface area contributed by atoms with Crippen LogP contribution in [0.5, 0.6) is 0 Å². The van der Waals surface area contributed by atoms with Gasteiger partial charge < -0.3 is 24.4 Å². The van der Waals surface area contributed by atoms with Crippen LogP contribution in [0.4, 0.5) is 0 Å². The fraction of sp³-hybridized carbons (Fsp3) is 0.720. The summed E-state index contributed by atoms with van der Waals surface area (Å²) < 4.78 is 12.0. The van der Waals surface area contributed by atoms with Gasteiger partial charge >= 0.3 is 5.97 Å². The molecule has 2 amide bonds. The first-order valence-electron chi connectivity index (χ1n) is 11.7. The number of aliphatic hydroxyl groups is 1. The number of carbonyl (C=O) groups excluding carboxylic acids is 3. The Bertz CT molecular complexity index is 835. The molecule has 6 atom stereocenters. The smallest absolute Gasteiger partial charge is 0.313 e. The van der Waals surface area contributed by atoms with Gasteiger partial charge in [-0.2, -0.15) is 0 Å². The van der Waals surface area contributed by atoms with Crippen LogP contribution in [0.1, 0.15) is 47.5 Å². The minimum absolute atomic E-state index is 0.0431. The lowest BCUT2D eigenvalue weighted by atomic mass is 9.62. The first-order valence-corrected chi connectivity index (χ1v) is 11.7. The molecule has 33 heavy (non-hydrogen) atoms. The van der Waals surface area contributed by atoms with Gasteiger partial charge in [-0.1, -0.05) is 25.7 Å². The maximum absolute atomic E-state index is 14.1. The van der Waals surface area contributed by atoms with Crippen LogP contribution in [0.15, 0.2) is 25.3 Å². The van der Waals surface area contributed by atoms with E-state index in [2.05, 4.69) is 13.2 Å². The zero-order valence-electron chi connectivity index (χ0n) is 20.5. The van der Waals surface area contributed by atoms with Crippen LogP contribution < -0.4 is 0 Å². The highest BCUT2D eigenvalue weighted by atomic mass is 16.6. The molecule has 3 aliphatic heterocycles. The summed E-state index contributed by atoms with van der Waals surface area (Å²) in [5.74, 6) is -2.70. The lowest BCUT2D eigenvalue weighted by Gasteiger charge is -2.42. The zero-order chi connectivity index (χ0) is 24.8. The minimum atomic E-state index is -1.12. The number of nitrogens with zero attached hydrogens (tertiary/aromatic N) is 2. The van der Waals surface area contributed by atoms with Crippen molar-refractivity contribution in [2.45, 2.75) is 70.2 Å². The predicted molar refractivity (Wildman–Crippen MR) is 123 cm³/mol. The second-order valence-corrected chi connectivity index (χ2v) is 10.6. The molecule has 3 unspecified atom stereocenters. The summed E-state index contributed by atoms with van der Waals surface area (Å²) in [5, 5.41) is 9.45. The number of carbonyl (C=O) groups is 3. The van der Waals surface area contributed by atoms with Gasteiger partial charge in [0.2, 0.25) is 11.8 Å². The van der Waals surface area contributed by atoms with Gasteiger partial charge in [0.05, 0.1) is 11.5 Å². The highest BCUT2D eigenvalue weighted by Crippen LogP contribution is 2.65. The van der Waals surface area contributed by atoms with Crippen LogP contribution >= 0.6 is 0 Å². The summed E-state index contributed by atoms with van der Waals surface area (Å²) in [6, 6.07) is -0.887. The second-order valence-electron chi connectivity index (χ2n) is 10.6. The Morgan fingerprint density at radius 1 is 1.33 bits per heavy atom. The molecule has 3 fully saturated rings. The van der Waals surface area contributed by atoms with Crippen molar-refractivity contribution < 1.29 is 29.0 Å². The van der Waals surface area contributed by atoms with Crippen LogP contribution in [-0.2, 0) is 23.9 Å². The van der Waals surface area contributed by atoms with E-state index in [9.17, 15) is 19.5 Å². The quantitative estimate of drug-likeness (QED) is 0.415. The number of likely N-dealkylation sites (tertiary alicyclic amines) is 1. The Labute approximate surface area is 196 Å². The van der Waals surface area contributed by atoms with E-state index in [1.54, 1.807) is 11.0 Å². The Morgan fingerprint density at radius 3 is 2.55 bits per heavy atom.